The predicted molar refractivity (Wildman–Crippen MR) is 71.6 cm³/mol. The van der Waals surface area contributed by atoms with E-state index in [2.05, 4.69) is 10.3 Å². The largest absolute Gasteiger partial charge is 0.508 e. The second kappa shape index (κ2) is 4.97. The van der Waals surface area contributed by atoms with Crippen LogP contribution in [0.1, 0.15) is 33.3 Å². The summed E-state index contributed by atoms with van der Waals surface area (Å²) in [7, 11) is 0. The van der Waals surface area contributed by atoms with Gasteiger partial charge in [-0.1, -0.05) is 0 Å². The SMILES string of the molecule is CC(=O)c1c[nH]c(C(=O)Nc2ccc(O)cc2C)c1. The standard InChI is InChI=1S/C14H14N2O3/c1-8-5-11(18)3-4-12(8)16-14(19)13-6-10(7-15-13)9(2)17/h3-7,15,18H,1-2H3,(H,16,19). The Morgan fingerprint density at radius 3 is 2.58 bits per heavy atom. The van der Waals surface area contributed by atoms with E-state index in [1.165, 1.54) is 25.3 Å². The van der Waals surface area contributed by atoms with Gasteiger partial charge in [-0.05, 0) is 43.7 Å². The number of rotatable bonds is 3. The van der Waals surface area contributed by atoms with Crippen molar-refractivity contribution in [1.29, 1.82) is 0 Å². The molecule has 0 aliphatic carbocycles. The van der Waals surface area contributed by atoms with Crippen molar-refractivity contribution < 1.29 is 14.7 Å². The van der Waals surface area contributed by atoms with Gasteiger partial charge in [0.05, 0.1) is 0 Å². The zero-order valence-electron chi connectivity index (χ0n) is 10.7. The number of Topliss-reactive ketones (excluding diaryl/α,β-unsaturated/α-hetero) is 1. The Kier molecular flexibility index (Phi) is 3.37. The number of phenolic OH excluding ortho intramolecular Hbond substituents is 1. The number of phenols is 1. The Morgan fingerprint density at radius 2 is 2.00 bits per heavy atom. The van der Waals surface area contributed by atoms with Crippen molar-refractivity contribution in [2.45, 2.75) is 13.8 Å². The number of carbonyl (C=O) groups excluding carboxylic acids is 2. The van der Waals surface area contributed by atoms with Gasteiger partial charge >= 0.3 is 0 Å². The maximum Gasteiger partial charge on any atom is 0.272 e. The molecule has 5 heteroatoms. The minimum Gasteiger partial charge on any atom is -0.508 e. The second-order valence-electron chi connectivity index (χ2n) is 4.31. The van der Waals surface area contributed by atoms with Gasteiger partial charge in [0.2, 0.25) is 0 Å². The van der Waals surface area contributed by atoms with Gasteiger partial charge in [0.15, 0.2) is 5.78 Å². The number of anilines is 1. The molecule has 1 amide bonds. The molecular weight excluding hydrogens is 244 g/mol. The molecule has 0 fully saturated rings. The van der Waals surface area contributed by atoms with Gasteiger partial charge in [0.1, 0.15) is 11.4 Å². The number of aromatic nitrogens is 1. The lowest BCUT2D eigenvalue weighted by molar-refractivity contribution is 0.101. The average molecular weight is 258 g/mol. The summed E-state index contributed by atoms with van der Waals surface area (Å²) >= 11 is 0. The molecule has 19 heavy (non-hydrogen) atoms. The number of aromatic hydroxyl groups is 1. The number of benzene rings is 1. The summed E-state index contributed by atoms with van der Waals surface area (Å²) in [5.41, 5.74) is 2.15. The Bertz CT molecular complexity index is 644. The molecule has 0 aliphatic rings. The number of aryl methyl sites for hydroxylation is 1. The number of carbonyl (C=O) groups is 2. The van der Waals surface area contributed by atoms with E-state index in [0.717, 1.165) is 5.56 Å². The Morgan fingerprint density at radius 1 is 1.26 bits per heavy atom. The third-order valence-corrected chi connectivity index (χ3v) is 2.79. The monoisotopic (exact) mass is 258 g/mol. The number of nitrogens with one attached hydrogen (secondary N) is 2. The van der Waals surface area contributed by atoms with E-state index in [-0.39, 0.29) is 17.4 Å². The molecule has 3 N–H and O–H groups in total. The molecule has 1 aromatic heterocycles. The molecule has 2 rings (SSSR count). The summed E-state index contributed by atoms with van der Waals surface area (Å²) < 4.78 is 0. The van der Waals surface area contributed by atoms with Crippen LogP contribution >= 0.6 is 0 Å². The molecule has 0 atom stereocenters. The van der Waals surface area contributed by atoms with E-state index in [0.29, 0.717) is 16.9 Å². The molecule has 5 nitrogen and oxygen atoms in total. The van der Waals surface area contributed by atoms with Crippen molar-refractivity contribution in [3.05, 3.63) is 47.3 Å². The number of aromatic amines is 1. The first-order valence-corrected chi connectivity index (χ1v) is 5.77. The lowest BCUT2D eigenvalue weighted by Gasteiger charge is -2.07. The van der Waals surface area contributed by atoms with Gasteiger partial charge in [0, 0.05) is 17.4 Å². The summed E-state index contributed by atoms with van der Waals surface area (Å²) in [4.78, 5) is 25.9. The van der Waals surface area contributed by atoms with Crippen LogP contribution in [-0.4, -0.2) is 21.8 Å². The van der Waals surface area contributed by atoms with Crippen molar-refractivity contribution in [3.63, 3.8) is 0 Å². The van der Waals surface area contributed by atoms with Crippen molar-refractivity contribution in [2.75, 3.05) is 5.32 Å². The molecule has 1 heterocycles. The zero-order chi connectivity index (χ0) is 14.0. The Labute approximate surface area is 110 Å². The summed E-state index contributed by atoms with van der Waals surface area (Å²) in [6.07, 6.45) is 1.50. The number of hydrogen-bond acceptors (Lipinski definition) is 3. The maximum atomic E-state index is 12.0. The number of amides is 1. The molecule has 0 bridgehead atoms. The highest BCUT2D eigenvalue weighted by molar-refractivity contribution is 6.05. The van der Waals surface area contributed by atoms with Crippen LogP contribution in [0.4, 0.5) is 5.69 Å². The molecular formula is C14H14N2O3. The van der Waals surface area contributed by atoms with E-state index in [9.17, 15) is 14.7 Å². The molecule has 0 radical (unpaired) electrons. The van der Waals surface area contributed by atoms with Gasteiger partial charge in [-0.3, -0.25) is 9.59 Å². The molecule has 2 aromatic rings. The first-order valence-electron chi connectivity index (χ1n) is 5.77. The fourth-order valence-electron chi connectivity index (χ4n) is 1.71. The normalized spacial score (nSPS) is 10.2. The van der Waals surface area contributed by atoms with Crippen molar-refractivity contribution in [1.82, 2.24) is 4.98 Å². The van der Waals surface area contributed by atoms with Gasteiger partial charge in [-0.15, -0.1) is 0 Å². The summed E-state index contributed by atoms with van der Waals surface area (Å²) in [5.74, 6) is -0.286. The maximum absolute atomic E-state index is 12.0. The molecule has 98 valence electrons. The Hall–Kier alpha value is -2.56. The van der Waals surface area contributed by atoms with Crippen LogP contribution in [0, 0.1) is 6.92 Å². The van der Waals surface area contributed by atoms with E-state index in [1.54, 1.807) is 19.1 Å². The lowest BCUT2D eigenvalue weighted by atomic mass is 10.2. The van der Waals surface area contributed by atoms with Crippen LogP contribution in [0.5, 0.6) is 5.75 Å². The van der Waals surface area contributed by atoms with Gasteiger partial charge < -0.3 is 15.4 Å². The molecule has 0 saturated heterocycles. The molecule has 0 spiro atoms. The van der Waals surface area contributed by atoms with E-state index in [4.69, 9.17) is 0 Å². The first-order chi connectivity index (χ1) is 8.97. The van der Waals surface area contributed by atoms with Crippen molar-refractivity contribution in [3.8, 4) is 5.75 Å². The first kappa shape index (κ1) is 12.9. The topological polar surface area (TPSA) is 82.2 Å². The highest BCUT2D eigenvalue weighted by atomic mass is 16.3. The second-order valence-corrected chi connectivity index (χ2v) is 4.31. The molecule has 1 aromatic carbocycles. The van der Waals surface area contributed by atoms with E-state index < -0.39 is 0 Å². The quantitative estimate of drug-likeness (QED) is 0.584. The summed E-state index contributed by atoms with van der Waals surface area (Å²) in [5, 5.41) is 12.0. The smallest absolute Gasteiger partial charge is 0.272 e. The van der Waals surface area contributed by atoms with Crippen LogP contribution in [-0.2, 0) is 0 Å². The van der Waals surface area contributed by atoms with Crippen molar-refractivity contribution >= 4 is 17.4 Å². The van der Waals surface area contributed by atoms with Crippen LogP contribution < -0.4 is 5.32 Å². The third kappa shape index (κ3) is 2.82. The summed E-state index contributed by atoms with van der Waals surface area (Å²) in [6.45, 7) is 3.22. The van der Waals surface area contributed by atoms with Crippen LogP contribution in [0.25, 0.3) is 0 Å². The molecule has 0 saturated carbocycles. The number of H-pyrrole nitrogens is 1. The highest BCUT2D eigenvalue weighted by Gasteiger charge is 2.11. The third-order valence-electron chi connectivity index (χ3n) is 2.79. The number of hydrogen-bond donors (Lipinski definition) is 3. The van der Waals surface area contributed by atoms with Crippen LogP contribution in [0.2, 0.25) is 0 Å². The average Bonchev–Trinajstić information content (AvgIpc) is 2.82. The fraction of sp³-hybridized carbons (Fsp3) is 0.143. The van der Waals surface area contributed by atoms with E-state index >= 15 is 0 Å². The van der Waals surface area contributed by atoms with Crippen LogP contribution in [0.3, 0.4) is 0 Å². The minimum atomic E-state index is -0.332. The lowest BCUT2D eigenvalue weighted by Crippen LogP contribution is -2.13. The Balaban J connectivity index is 2.18. The molecule has 0 aliphatic heterocycles. The highest BCUT2D eigenvalue weighted by Crippen LogP contribution is 2.20. The minimum absolute atomic E-state index is 0.101. The van der Waals surface area contributed by atoms with Gasteiger partial charge in [-0.2, -0.15) is 0 Å². The summed E-state index contributed by atoms with van der Waals surface area (Å²) in [6, 6.07) is 6.19. The number of ketones is 1. The van der Waals surface area contributed by atoms with Crippen molar-refractivity contribution in [2.24, 2.45) is 0 Å². The predicted octanol–water partition coefficient (Wildman–Crippen LogP) is 2.48. The zero-order valence-corrected chi connectivity index (χ0v) is 10.7. The van der Waals surface area contributed by atoms with Gasteiger partial charge in [0.25, 0.3) is 5.91 Å². The van der Waals surface area contributed by atoms with E-state index in [1.807, 2.05) is 0 Å². The van der Waals surface area contributed by atoms with Crippen LogP contribution in [0.15, 0.2) is 30.5 Å². The fourth-order valence-corrected chi connectivity index (χ4v) is 1.71. The molecule has 0 unspecified atom stereocenters. The van der Waals surface area contributed by atoms with Gasteiger partial charge in [-0.25, -0.2) is 0 Å².